The van der Waals surface area contributed by atoms with Gasteiger partial charge in [0, 0.05) is 30.3 Å². The molecule has 20 heavy (non-hydrogen) atoms. The minimum Gasteiger partial charge on any atom is -0.252 e. The molecule has 0 saturated heterocycles. The Kier molecular flexibility index (Phi) is 3.03. The first-order chi connectivity index (χ1) is 9.74. The summed E-state index contributed by atoms with van der Waals surface area (Å²) < 4.78 is 2.43. The molecule has 2 nitrogen and oxygen atoms in total. The number of hydrogen-bond acceptors (Lipinski definition) is 2. The maximum absolute atomic E-state index is 4.56. The third kappa shape index (κ3) is 1.88. The van der Waals surface area contributed by atoms with Gasteiger partial charge in [0.2, 0.25) is 0 Å². The van der Waals surface area contributed by atoms with Gasteiger partial charge in [-0.05, 0) is 80.2 Å². The molecule has 0 saturated carbocycles. The Morgan fingerprint density at radius 1 is 0.600 bits per heavy atom. The highest BCUT2D eigenvalue weighted by Crippen LogP contribution is 2.34. The van der Waals surface area contributed by atoms with Crippen molar-refractivity contribution in [2.24, 2.45) is 0 Å². The molecule has 0 fully saturated rings. The molecular weight excluding hydrogens is 474 g/mol. The Labute approximate surface area is 142 Å². The van der Waals surface area contributed by atoms with Gasteiger partial charge in [-0.25, -0.2) is 0 Å². The lowest BCUT2D eigenvalue weighted by Gasteiger charge is -2.09. The molecule has 0 atom stereocenters. The van der Waals surface area contributed by atoms with E-state index in [1.165, 1.54) is 28.7 Å². The Morgan fingerprint density at radius 2 is 1.05 bits per heavy atom. The summed E-state index contributed by atoms with van der Waals surface area (Å²) in [5, 5.41) is 4.83. The Balaban J connectivity index is 2.40. The number of nitrogens with zero attached hydrogens (tertiary/aromatic N) is 2. The molecule has 96 valence electrons. The average Bonchev–Trinajstić information content (AvgIpc) is 2.47. The molecule has 0 aliphatic heterocycles. The smallest absolute Gasteiger partial charge is 0.0972 e. The van der Waals surface area contributed by atoms with Crippen LogP contribution in [-0.2, 0) is 0 Å². The molecule has 0 N–H and O–H groups in total. The fourth-order valence-corrected chi connectivity index (χ4v) is 3.61. The summed E-state index contributed by atoms with van der Waals surface area (Å²) in [5.41, 5.74) is 1.96. The van der Waals surface area contributed by atoms with Gasteiger partial charge in [-0.3, -0.25) is 9.97 Å². The minimum absolute atomic E-state index is 0.982. The maximum Gasteiger partial charge on any atom is 0.0972 e. The lowest BCUT2D eigenvalue weighted by Crippen LogP contribution is -1.89. The van der Waals surface area contributed by atoms with Crippen LogP contribution in [0.3, 0.4) is 0 Å². The molecule has 3 aromatic carbocycles. The molecule has 4 rings (SSSR count). The van der Waals surface area contributed by atoms with E-state index in [-0.39, 0.29) is 0 Å². The van der Waals surface area contributed by atoms with Crippen LogP contribution in [0.15, 0.2) is 48.8 Å². The molecule has 0 bridgehead atoms. The highest BCUT2D eigenvalue weighted by molar-refractivity contribution is 14.1. The third-order valence-corrected chi connectivity index (χ3v) is 4.80. The fraction of sp³-hybridized carbons (Fsp3) is 0. The first kappa shape index (κ1) is 12.7. The quantitative estimate of drug-likeness (QED) is 0.256. The molecule has 4 heteroatoms. The van der Waals surface area contributed by atoms with Crippen LogP contribution in [0.1, 0.15) is 0 Å². The molecule has 0 amide bonds. The Morgan fingerprint density at radius 3 is 1.50 bits per heavy atom. The largest absolute Gasteiger partial charge is 0.252 e. The number of benzene rings is 3. The van der Waals surface area contributed by atoms with E-state index >= 15 is 0 Å². The molecule has 0 unspecified atom stereocenters. The summed E-state index contributed by atoms with van der Waals surface area (Å²) >= 11 is 4.68. The number of hydrogen-bond donors (Lipinski definition) is 0. The van der Waals surface area contributed by atoms with E-state index in [9.17, 15) is 0 Å². The predicted molar refractivity (Wildman–Crippen MR) is 100.0 cm³/mol. The van der Waals surface area contributed by atoms with Gasteiger partial charge in [-0.2, -0.15) is 0 Å². The molecule has 0 radical (unpaired) electrons. The van der Waals surface area contributed by atoms with E-state index in [0.717, 1.165) is 11.0 Å². The molecule has 0 aliphatic rings. The monoisotopic (exact) mass is 482 g/mol. The minimum atomic E-state index is 0.982. The SMILES string of the molecule is Ic1ccc2c3ccc(I)cc3c3nccnc3c2c1. The van der Waals surface area contributed by atoms with Gasteiger partial charge in [-0.1, -0.05) is 12.1 Å². The van der Waals surface area contributed by atoms with Crippen LogP contribution in [0.2, 0.25) is 0 Å². The van der Waals surface area contributed by atoms with Crippen LogP contribution in [0.5, 0.6) is 0 Å². The van der Waals surface area contributed by atoms with Crippen LogP contribution in [-0.4, -0.2) is 9.97 Å². The van der Waals surface area contributed by atoms with Crippen molar-refractivity contribution in [1.82, 2.24) is 9.97 Å². The second-order valence-corrected chi connectivity index (χ2v) is 7.12. The van der Waals surface area contributed by atoms with Gasteiger partial charge in [0.05, 0.1) is 11.0 Å². The molecule has 0 spiro atoms. The van der Waals surface area contributed by atoms with Crippen LogP contribution in [0.4, 0.5) is 0 Å². The summed E-state index contributed by atoms with van der Waals surface area (Å²) in [6.45, 7) is 0. The van der Waals surface area contributed by atoms with Crippen LogP contribution < -0.4 is 0 Å². The predicted octanol–water partition coefficient (Wildman–Crippen LogP) is 5.15. The molecule has 1 aromatic heterocycles. The van der Waals surface area contributed by atoms with Gasteiger partial charge in [0.15, 0.2) is 0 Å². The number of halogens is 2. The molecule has 4 aromatic rings. The van der Waals surface area contributed by atoms with E-state index in [0.29, 0.717) is 0 Å². The maximum atomic E-state index is 4.56. The van der Waals surface area contributed by atoms with E-state index in [2.05, 4.69) is 91.5 Å². The number of rotatable bonds is 0. The van der Waals surface area contributed by atoms with Crippen molar-refractivity contribution < 1.29 is 0 Å². The van der Waals surface area contributed by atoms with Crippen molar-refractivity contribution in [2.75, 3.05) is 0 Å². The zero-order valence-electron chi connectivity index (χ0n) is 10.3. The zero-order valence-corrected chi connectivity index (χ0v) is 14.6. The summed E-state index contributed by atoms with van der Waals surface area (Å²) in [5.74, 6) is 0. The number of aromatic nitrogens is 2. The second-order valence-electron chi connectivity index (χ2n) is 4.63. The standard InChI is InChI=1S/C16H8I2N2/c17-9-1-3-11-12-4-2-10(18)8-14(12)16-15(13(11)7-9)19-5-6-20-16/h1-8H. The number of fused-ring (bicyclic) bond motifs is 6. The molecular formula is C16H8I2N2. The zero-order chi connectivity index (χ0) is 13.7. The van der Waals surface area contributed by atoms with E-state index in [1.54, 1.807) is 12.4 Å². The Bertz CT molecular complexity index is 879. The first-order valence-corrected chi connectivity index (χ1v) is 8.31. The summed E-state index contributed by atoms with van der Waals surface area (Å²) in [6.07, 6.45) is 3.53. The normalized spacial score (nSPS) is 11.5. The van der Waals surface area contributed by atoms with Gasteiger partial charge in [0.1, 0.15) is 0 Å². The van der Waals surface area contributed by atoms with Crippen molar-refractivity contribution in [3.8, 4) is 0 Å². The van der Waals surface area contributed by atoms with Crippen LogP contribution in [0.25, 0.3) is 32.6 Å². The lowest BCUT2D eigenvalue weighted by atomic mass is 10.00. The first-order valence-electron chi connectivity index (χ1n) is 6.15. The van der Waals surface area contributed by atoms with Crippen LogP contribution in [0, 0.1) is 7.14 Å². The Hall–Kier alpha value is -1.02. The average molecular weight is 482 g/mol. The van der Waals surface area contributed by atoms with Gasteiger partial charge >= 0.3 is 0 Å². The van der Waals surface area contributed by atoms with E-state index < -0.39 is 0 Å². The van der Waals surface area contributed by atoms with Crippen molar-refractivity contribution in [2.45, 2.75) is 0 Å². The van der Waals surface area contributed by atoms with Gasteiger partial charge in [-0.15, -0.1) is 0 Å². The third-order valence-electron chi connectivity index (χ3n) is 3.46. The van der Waals surface area contributed by atoms with Crippen molar-refractivity contribution in [3.05, 3.63) is 55.9 Å². The summed E-state index contributed by atoms with van der Waals surface area (Å²) in [4.78, 5) is 9.12. The van der Waals surface area contributed by atoms with E-state index in [1.807, 2.05) is 0 Å². The fourth-order valence-electron chi connectivity index (χ4n) is 2.63. The van der Waals surface area contributed by atoms with E-state index in [4.69, 9.17) is 0 Å². The summed E-state index contributed by atoms with van der Waals surface area (Å²) in [6, 6.07) is 13.0. The summed E-state index contributed by atoms with van der Waals surface area (Å²) in [7, 11) is 0. The van der Waals surface area contributed by atoms with Crippen molar-refractivity contribution in [3.63, 3.8) is 0 Å². The van der Waals surface area contributed by atoms with Crippen LogP contribution >= 0.6 is 45.2 Å². The second kappa shape index (κ2) is 4.77. The van der Waals surface area contributed by atoms with Crippen molar-refractivity contribution in [1.29, 1.82) is 0 Å². The topological polar surface area (TPSA) is 25.8 Å². The van der Waals surface area contributed by atoms with Gasteiger partial charge < -0.3 is 0 Å². The molecule has 1 heterocycles. The van der Waals surface area contributed by atoms with Gasteiger partial charge in [0.25, 0.3) is 0 Å². The van der Waals surface area contributed by atoms with Crippen molar-refractivity contribution >= 4 is 77.8 Å². The highest BCUT2D eigenvalue weighted by Gasteiger charge is 2.10. The lowest BCUT2D eigenvalue weighted by molar-refractivity contribution is 1.31. The molecule has 0 aliphatic carbocycles. The highest BCUT2D eigenvalue weighted by atomic mass is 127.